The Bertz CT molecular complexity index is 537. The van der Waals surface area contributed by atoms with E-state index in [0.717, 1.165) is 5.56 Å². The van der Waals surface area contributed by atoms with Crippen LogP contribution in [0.1, 0.15) is 33.3 Å². The molecule has 0 saturated heterocycles. The zero-order chi connectivity index (χ0) is 17.5. The van der Waals surface area contributed by atoms with Crippen LogP contribution in [0.15, 0.2) is 30.3 Å². The summed E-state index contributed by atoms with van der Waals surface area (Å²) in [5.41, 5.74) is 0.232. The monoisotopic (exact) mass is 320 g/mol. The molecule has 2 atom stereocenters. The first-order chi connectivity index (χ1) is 10.7. The third kappa shape index (κ3) is 7.44. The van der Waals surface area contributed by atoms with Crippen molar-refractivity contribution in [3.63, 3.8) is 0 Å². The van der Waals surface area contributed by atoms with Gasteiger partial charge in [-0.05, 0) is 33.3 Å². The summed E-state index contributed by atoms with van der Waals surface area (Å²) >= 11 is 0. The van der Waals surface area contributed by atoms with Crippen molar-refractivity contribution in [3.8, 4) is 0 Å². The number of nitrogens with one attached hydrogen (secondary N) is 2. The van der Waals surface area contributed by atoms with Crippen LogP contribution in [0.2, 0.25) is 0 Å². The lowest BCUT2D eigenvalue weighted by molar-refractivity contribution is -0.125. The summed E-state index contributed by atoms with van der Waals surface area (Å²) in [6.07, 6.45) is 0.259. The number of alkyl carbamates (subject to hydrolysis) is 1. The maximum atomic E-state index is 12.3. The zero-order valence-corrected chi connectivity index (χ0v) is 14.0. The van der Waals surface area contributed by atoms with E-state index in [9.17, 15) is 14.4 Å². The lowest BCUT2D eigenvalue weighted by Crippen LogP contribution is -2.51. The molecule has 1 rings (SSSR count). The molecule has 2 amide bonds. The second-order valence-corrected chi connectivity index (χ2v) is 6.32. The minimum Gasteiger partial charge on any atom is -0.444 e. The summed E-state index contributed by atoms with van der Waals surface area (Å²) < 4.78 is 5.19. The van der Waals surface area contributed by atoms with Crippen LogP contribution in [0.5, 0.6) is 0 Å². The summed E-state index contributed by atoms with van der Waals surface area (Å²) in [7, 11) is 0. The van der Waals surface area contributed by atoms with Crippen molar-refractivity contribution in [1.82, 2.24) is 10.6 Å². The molecule has 6 nitrogen and oxygen atoms in total. The quantitative estimate of drug-likeness (QED) is 0.783. The minimum absolute atomic E-state index is 0.303. The number of amides is 2. The van der Waals surface area contributed by atoms with Gasteiger partial charge in [0.05, 0.1) is 6.04 Å². The van der Waals surface area contributed by atoms with Crippen LogP contribution in [-0.2, 0) is 20.7 Å². The summed E-state index contributed by atoms with van der Waals surface area (Å²) in [5.74, 6) is -0.431. The van der Waals surface area contributed by atoms with Gasteiger partial charge in [-0.25, -0.2) is 4.79 Å². The van der Waals surface area contributed by atoms with Gasteiger partial charge in [-0.3, -0.25) is 4.79 Å². The highest BCUT2D eigenvalue weighted by Gasteiger charge is 2.25. The highest BCUT2D eigenvalue weighted by molar-refractivity contribution is 5.87. The standard InChI is InChI=1S/C17H24N2O4/c1-12(11-20)18-15(21)14(10-13-8-6-5-7-9-13)19-16(22)23-17(2,3)4/h5-9,11-12,14H,10H2,1-4H3,(H,18,21)(H,19,22). The second kappa shape index (κ2) is 8.31. The van der Waals surface area contributed by atoms with Crippen LogP contribution in [0.4, 0.5) is 4.79 Å². The van der Waals surface area contributed by atoms with E-state index in [2.05, 4.69) is 10.6 Å². The minimum atomic E-state index is -0.824. The van der Waals surface area contributed by atoms with Gasteiger partial charge >= 0.3 is 6.09 Å². The van der Waals surface area contributed by atoms with Crippen LogP contribution < -0.4 is 10.6 Å². The molecule has 2 N–H and O–H groups in total. The molecule has 0 heterocycles. The van der Waals surface area contributed by atoms with Crippen molar-refractivity contribution in [1.29, 1.82) is 0 Å². The van der Waals surface area contributed by atoms with Crippen molar-refractivity contribution in [3.05, 3.63) is 35.9 Å². The van der Waals surface area contributed by atoms with E-state index >= 15 is 0 Å². The molecule has 0 aromatic heterocycles. The summed E-state index contributed by atoms with van der Waals surface area (Å²) in [4.78, 5) is 34.9. The van der Waals surface area contributed by atoms with E-state index in [1.54, 1.807) is 27.7 Å². The Morgan fingerprint density at radius 1 is 1.17 bits per heavy atom. The van der Waals surface area contributed by atoms with Crippen molar-refractivity contribution in [2.45, 2.75) is 51.8 Å². The molecule has 0 radical (unpaired) electrons. The fraction of sp³-hybridized carbons (Fsp3) is 0.471. The molecular formula is C17H24N2O4. The van der Waals surface area contributed by atoms with Crippen LogP contribution in [-0.4, -0.2) is 36.0 Å². The Morgan fingerprint density at radius 3 is 2.30 bits per heavy atom. The van der Waals surface area contributed by atoms with Gasteiger partial charge in [-0.1, -0.05) is 30.3 Å². The molecule has 0 aliphatic rings. The first-order valence-electron chi connectivity index (χ1n) is 7.50. The van der Waals surface area contributed by atoms with Gasteiger partial charge in [-0.15, -0.1) is 0 Å². The van der Waals surface area contributed by atoms with Gasteiger partial charge in [0.25, 0.3) is 0 Å². The van der Waals surface area contributed by atoms with Crippen LogP contribution in [0.25, 0.3) is 0 Å². The van der Waals surface area contributed by atoms with Gasteiger partial charge in [0.15, 0.2) is 0 Å². The molecule has 0 aliphatic carbocycles. The Kier molecular flexibility index (Phi) is 6.75. The van der Waals surface area contributed by atoms with Gasteiger partial charge in [-0.2, -0.15) is 0 Å². The number of carbonyl (C=O) groups excluding carboxylic acids is 3. The van der Waals surface area contributed by atoms with E-state index in [1.165, 1.54) is 0 Å². The van der Waals surface area contributed by atoms with Crippen molar-refractivity contribution in [2.75, 3.05) is 0 Å². The SMILES string of the molecule is CC(C=O)NC(=O)C(Cc1ccccc1)NC(=O)OC(C)(C)C. The molecule has 1 aromatic carbocycles. The van der Waals surface area contributed by atoms with Crippen molar-refractivity contribution < 1.29 is 19.1 Å². The fourth-order valence-corrected chi connectivity index (χ4v) is 1.87. The van der Waals surface area contributed by atoms with E-state index in [4.69, 9.17) is 4.74 Å². The number of hydrogen-bond donors (Lipinski definition) is 2. The predicted octanol–water partition coefficient (Wildman–Crippen LogP) is 1.83. The zero-order valence-electron chi connectivity index (χ0n) is 14.0. The Morgan fingerprint density at radius 2 is 1.78 bits per heavy atom. The molecule has 0 bridgehead atoms. The Balaban J connectivity index is 2.81. The highest BCUT2D eigenvalue weighted by atomic mass is 16.6. The van der Waals surface area contributed by atoms with E-state index in [1.807, 2.05) is 30.3 Å². The molecule has 23 heavy (non-hydrogen) atoms. The average molecular weight is 320 g/mol. The lowest BCUT2D eigenvalue weighted by Gasteiger charge is -2.24. The summed E-state index contributed by atoms with van der Waals surface area (Å²) in [6.45, 7) is 6.80. The number of rotatable bonds is 6. The number of carbonyl (C=O) groups is 3. The molecule has 0 aliphatic heterocycles. The first kappa shape index (κ1) is 18.7. The molecule has 126 valence electrons. The van der Waals surface area contributed by atoms with Gasteiger partial charge in [0.2, 0.25) is 5.91 Å². The highest BCUT2D eigenvalue weighted by Crippen LogP contribution is 2.08. The molecular weight excluding hydrogens is 296 g/mol. The molecule has 6 heteroatoms. The van der Waals surface area contributed by atoms with Crippen molar-refractivity contribution in [2.24, 2.45) is 0 Å². The van der Waals surface area contributed by atoms with Crippen LogP contribution >= 0.6 is 0 Å². The molecule has 0 fully saturated rings. The first-order valence-corrected chi connectivity index (χ1v) is 7.50. The normalized spacial score (nSPS) is 13.6. The smallest absolute Gasteiger partial charge is 0.408 e. The average Bonchev–Trinajstić information content (AvgIpc) is 2.45. The summed E-state index contributed by atoms with van der Waals surface area (Å²) in [6, 6.07) is 7.85. The lowest BCUT2D eigenvalue weighted by atomic mass is 10.1. The predicted molar refractivity (Wildman–Crippen MR) is 87.0 cm³/mol. The number of benzene rings is 1. The third-order valence-corrected chi connectivity index (χ3v) is 2.86. The molecule has 2 unspecified atom stereocenters. The topological polar surface area (TPSA) is 84.5 Å². The van der Waals surface area contributed by atoms with E-state index < -0.39 is 29.7 Å². The molecule has 0 spiro atoms. The third-order valence-electron chi connectivity index (χ3n) is 2.86. The molecule has 1 aromatic rings. The number of hydrogen-bond acceptors (Lipinski definition) is 4. The maximum Gasteiger partial charge on any atom is 0.408 e. The molecule has 0 saturated carbocycles. The fourth-order valence-electron chi connectivity index (χ4n) is 1.87. The van der Waals surface area contributed by atoms with E-state index in [-0.39, 0.29) is 0 Å². The van der Waals surface area contributed by atoms with Crippen LogP contribution in [0.3, 0.4) is 0 Å². The number of aldehydes is 1. The Hall–Kier alpha value is -2.37. The number of ether oxygens (including phenoxy) is 1. The van der Waals surface area contributed by atoms with Gasteiger partial charge in [0, 0.05) is 6.42 Å². The van der Waals surface area contributed by atoms with E-state index in [0.29, 0.717) is 12.7 Å². The Labute approximate surface area is 136 Å². The largest absolute Gasteiger partial charge is 0.444 e. The van der Waals surface area contributed by atoms with Crippen LogP contribution in [0, 0.1) is 0 Å². The second-order valence-electron chi connectivity index (χ2n) is 6.32. The maximum absolute atomic E-state index is 12.3. The van der Waals surface area contributed by atoms with Crippen molar-refractivity contribution >= 4 is 18.3 Å². The van der Waals surface area contributed by atoms with Gasteiger partial charge < -0.3 is 20.2 Å². The van der Waals surface area contributed by atoms with Gasteiger partial charge in [0.1, 0.15) is 17.9 Å². The summed E-state index contributed by atoms with van der Waals surface area (Å²) in [5, 5.41) is 5.10.